The van der Waals surface area contributed by atoms with E-state index in [0.29, 0.717) is 32.1 Å². The molecule has 1 saturated heterocycles. The fourth-order valence-corrected chi connectivity index (χ4v) is 6.92. The first-order chi connectivity index (χ1) is 23.8. The van der Waals surface area contributed by atoms with Gasteiger partial charge in [-0.3, -0.25) is 28.8 Å². The minimum Gasteiger partial charge on any atom is -0.375 e. The molecule has 7 atom stereocenters. The second-order valence-corrected chi connectivity index (χ2v) is 14.3. The molecule has 1 aliphatic heterocycles. The molecule has 2 fully saturated rings. The number of likely N-dealkylation sites (N-methyl/N-ethyl adjacent to an activating group) is 1. The fourth-order valence-electron chi connectivity index (χ4n) is 6.92. The predicted octanol–water partition coefficient (Wildman–Crippen LogP) is 1.77. The zero-order valence-corrected chi connectivity index (χ0v) is 31.1. The number of unbranched alkanes of at least 4 members (excludes halogenated alkanes) is 3. The van der Waals surface area contributed by atoms with Crippen LogP contribution in [0.4, 0.5) is 0 Å². The Bertz CT molecular complexity index is 1110. The molecule has 0 unspecified atom stereocenters. The highest BCUT2D eigenvalue weighted by Gasteiger charge is 2.38. The average molecular weight is 708 g/mol. The maximum Gasteiger partial charge on any atom is 0.244 e. The molecule has 0 bridgehead atoms. The first kappa shape index (κ1) is 42.9. The number of nitrogens with one attached hydrogen (secondary N) is 4. The second kappa shape index (κ2) is 22.5. The highest BCUT2D eigenvalue weighted by Crippen LogP contribution is 2.27. The zero-order valence-electron chi connectivity index (χ0n) is 31.1. The van der Waals surface area contributed by atoms with Crippen molar-refractivity contribution in [3.8, 4) is 0 Å². The van der Waals surface area contributed by atoms with Crippen molar-refractivity contribution in [2.75, 3.05) is 20.2 Å². The zero-order chi connectivity index (χ0) is 37.2. The number of rotatable bonds is 12. The lowest BCUT2D eigenvalue weighted by atomic mass is 9.90. The number of nitrogens with two attached hydrogens (primary N) is 2. The van der Waals surface area contributed by atoms with Crippen LogP contribution in [0.15, 0.2) is 0 Å². The number of nitrogens with zero attached hydrogens (tertiary/aromatic N) is 1. The van der Waals surface area contributed by atoms with E-state index in [1.165, 1.54) is 4.90 Å². The largest absolute Gasteiger partial charge is 0.375 e. The maximum atomic E-state index is 14.1. The van der Waals surface area contributed by atoms with Crippen molar-refractivity contribution in [2.45, 2.75) is 160 Å². The molecule has 2 aliphatic rings. The molecule has 0 radical (unpaired) electrons. The van der Waals surface area contributed by atoms with Crippen LogP contribution >= 0.6 is 0 Å². The van der Waals surface area contributed by atoms with E-state index in [1.807, 2.05) is 6.92 Å². The van der Waals surface area contributed by atoms with E-state index in [2.05, 4.69) is 28.2 Å². The van der Waals surface area contributed by atoms with Crippen molar-refractivity contribution in [1.29, 1.82) is 0 Å². The Labute approximate surface area is 298 Å². The quantitative estimate of drug-likeness (QED) is 0.130. The van der Waals surface area contributed by atoms with Crippen LogP contribution in [-0.4, -0.2) is 96.9 Å². The van der Waals surface area contributed by atoms with Gasteiger partial charge in [-0.2, -0.15) is 0 Å². The van der Waals surface area contributed by atoms with Crippen LogP contribution < -0.4 is 32.7 Å². The van der Waals surface area contributed by atoms with Crippen LogP contribution in [0.3, 0.4) is 0 Å². The van der Waals surface area contributed by atoms with Gasteiger partial charge in [0, 0.05) is 26.1 Å². The molecule has 14 nitrogen and oxygen atoms in total. The van der Waals surface area contributed by atoms with Gasteiger partial charge in [0.1, 0.15) is 24.2 Å². The van der Waals surface area contributed by atoms with Gasteiger partial charge >= 0.3 is 0 Å². The lowest BCUT2D eigenvalue weighted by Gasteiger charge is -2.34. The molecule has 1 saturated carbocycles. The third-order valence-electron chi connectivity index (χ3n) is 10.1. The predicted molar refractivity (Wildman–Crippen MR) is 191 cm³/mol. The van der Waals surface area contributed by atoms with Gasteiger partial charge in [0.2, 0.25) is 35.4 Å². The lowest BCUT2D eigenvalue weighted by Crippen LogP contribution is -2.61. The van der Waals surface area contributed by atoms with Crippen LogP contribution in [0.5, 0.6) is 0 Å². The molecule has 6 amide bonds. The van der Waals surface area contributed by atoms with Gasteiger partial charge in [0.25, 0.3) is 0 Å². The molecule has 50 heavy (non-hydrogen) atoms. The number of amides is 6. The van der Waals surface area contributed by atoms with Crippen molar-refractivity contribution in [2.24, 2.45) is 23.3 Å². The Balaban J connectivity index is 2.55. The van der Waals surface area contributed by atoms with Crippen molar-refractivity contribution in [1.82, 2.24) is 26.2 Å². The summed E-state index contributed by atoms with van der Waals surface area (Å²) in [5.41, 5.74) is 11.3. The molecule has 0 spiro atoms. The molecule has 0 aromatic rings. The van der Waals surface area contributed by atoms with Crippen LogP contribution in [-0.2, 0) is 33.5 Å². The van der Waals surface area contributed by atoms with Gasteiger partial charge in [-0.1, -0.05) is 78.6 Å². The number of carbonyl (C=O) groups excluding carboxylic acids is 6. The summed E-state index contributed by atoms with van der Waals surface area (Å²) < 4.78 is 6.32. The van der Waals surface area contributed by atoms with E-state index in [-0.39, 0.29) is 37.8 Å². The Kier molecular flexibility index (Phi) is 19.3. The Morgan fingerprint density at radius 2 is 1.42 bits per heavy atom. The minimum absolute atomic E-state index is 0.0663. The second-order valence-electron chi connectivity index (χ2n) is 14.3. The SMILES string of the molecule is CCCCCC[C@H]1OC[C@H](C)NC(=O)[C@H](CCC(N)=O)NC(=O)[C@H](CN)NC(=O)[C@H](C2CCCCCC2)NC(=O)[C@H](CCC)N(C)C(=O)[C@@H]1C. The third-order valence-corrected chi connectivity index (χ3v) is 10.1. The topological polar surface area (TPSA) is 215 Å². The van der Waals surface area contributed by atoms with Gasteiger partial charge < -0.3 is 42.4 Å². The summed E-state index contributed by atoms with van der Waals surface area (Å²) in [7, 11) is 1.62. The van der Waals surface area contributed by atoms with Gasteiger partial charge in [-0.25, -0.2) is 0 Å². The molecule has 1 aliphatic carbocycles. The summed E-state index contributed by atoms with van der Waals surface area (Å²) in [6.45, 7) is 7.43. The highest BCUT2D eigenvalue weighted by molar-refractivity contribution is 5.96. The minimum atomic E-state index is -1.22. The lowest BCUT2D eigenvalue weighted by molar-refractivity contribution is -0.147. The summed E-state index contributed by atoms with van der Waals surface area (Å²) >= 11 is 0. The average Bonchev–Trinajstić information content (AvgIpc) is 3.37. The smallest absolute Gasteiger partial charge is 0.244 e. The van der Waals surface area contributed by atoms with Gasteiger partial charge in [-0.05, 0) is 44.9 Å². The molecule has 8 N–H and O–H groups in total. The molecular formula is C36H65N7O7. The number of primary amides is 1. The van der Waals surface area contributed by atoms with E-state index in [4.69, 9.17) is 16.2 Å². The summed E-state index contributed by atoms with van der Waals surface area (Å²) in [4.78, 5) is 82.2. The van der Waals surface area contributed by atoms with Crippen LogP contribution in [0.25, 0.3) is 0 Å². The number of hydrogen-bond acceptors (Lipinski definition) is 8. The molecule has 0 aromatic carbocycles. The Morgan fingerprint density at radius 1 is 0.780 bits per heavy atom. The Morgan fingerprint density at radius 3 is 2.02 bits per heavy atom. The molecule has 0 aromatic heterocycles. The monoisotopic (exact) mass is 707 g/mol. The molecule has 286 valence electrons. The summed E-state index contributed by atoms with van der Waals surface area (Å²) in [5, 5.41) is 11.2. The van der Waals surface area contributed by atoms with Crippen molar-refractivity contribution >= 4 is 35.4 Å². The van der Waals surface area contributed by atoms with Crippen molar-refractivity contribution < 1.29 is 33.5 Å². The maximum absolute atomic E-state index is 14.1. The van der Waals surface area contributed by atoms with E-state index < -0.39 is 71.8 Å². The number of carbonyl (C=O) groups is 6. The van der Waals surface area contributed by atoms with Crippen molar-refractivity contribution in [3.05, 3.63) is 0 Å². The molecular weight excluding hydrogens is 642 g/mol. The highest BCUT2D eigenvalue weighted by atomic mass is 16.5. The molecule has 2 rings (SSSR count). The van der Waals surface area contributed by atoms with E-state index in [1.54, 1.807) is 20.9 Å². The number of ether oxygens (including phenoxy) is 1. The van der Waals surface area contributed by atoms with E-state index >= 15 is 0 Å². The van der Waals surface area contributed by atoms with Crippen molar-refractivity contribution in [3.63, 3.8) is 0 Å². The fraction of sp³-hybridized carbons (Fsp3) is 0.833. The van der Waals surface area contributed by atoms with Gasteiger partial charge in [-0.15, -0.1) is 0 Å². The standard InChI is InChI=1S/C36H65N7O7/c1-6-8-9-14-18-29-24(4)36(49)43(5)28(15-7-2)34(47)42-31(25-16-12-10-11-13-17-25)35(48)41-27(21-37)33(46)40-26(19-20-30(38)44)32(45)39-23(3)22-50-29/h23-29,31H,6-22,37H2,1-5H3,(H2,38,44)(H,39,45)(H,40,46)(H,41,48)(H,42,47)/t23-,24+,26-,27-,28-,29+,31-/m0/s1. The van der Waals surface area contributed by atoms with Crippen LogP contribution in [0, 0.1) is 11.8 Å². The Hall–Kier alpha value is -3.26. The summed E-state index contributed by atoms with van der Waals surface area (Å²) in [5.74, 6) is -3.89. The normalized spacial score (nSPS) is 29.0. The van der Waals surface area contributed by atoms with Gasteiger partial charge in [0.05, 0.1) is 18.6 Å². The third kappa shape index (κ3) is 13.8. The summed E-state index contributed by atoms with van der Waals surface area (Å²) in [6.07, 6.45) is 10.1. The van der Waals surface area contributed by atoms with E-state index in [9.17, 15) is 28.8 Å². The number of hydrogen-bond donors (Lipinski definition) is 6. The molecule has 14 heteroatoms. The molecule has 1 heterocycles. The van der Waals surface area contributed by atoms with Crippen LogP contribution in [0.1, 0.15) is 124 Å². The van der Waals surface area contributed by atoms with E-state index in [0.717, 1.165) is 51.4 Å². The first-order valence-electron chi connectivity index (χ1n) is 18.9. The van der Waals surface area contributed by atoms with Crippen LogP contribution in [0.2, 0.25) is 0 Å². The van der Waals surface area contributed by atoms with Gasteiger partial charge in [0.15, 0.2) is 0 Å². The first-order valence-corrected chi connectivity index (χ1v) is 18.9. The summed E-state index contributed by atoms with van der Waals surface area (Å²) in [6, 6.07) is -4.66.